The molecule has 0 radical (unpaired) electrons. The fourth-order valence-electron chi connectivity index (χ4n) is 1.72. The lowest BCUT2D eigenvalue weighted by Gasteiger charge is -2.38. The van der Waals surface area contributed by atoms with E-state index in [1.54, 1.807) is 6.07 Å². The van der Waals surface area contributed by atoms with Crippen molar-refractivity contribution in [1.82, 2.24) is 0 Å². The van der Waals surface area contributed by atoms with Crippen LogP contribution in [0.15, 0.2) is 22.7 Å². The molecule has 1 N–H and O–H groups in total. The average molecular weight is 324 g/mol. The highest BCUT2D eigenvalue weighted by Crippen LogP contribution is 2.36. The molecule has 18 heavy (non-hydrogen) atoms. The van der Waals surface area contributed by atoms with Crippen molar-refractivity contribution in [2.75, 3.05) is 25.1 Å². The van der Waals surface area contributed by atoms with Gasteiger partial charge in [-0.15, -0.1) is 0 Å². The van der Waals surface area contributed by atoms with Crippen LogP contribution in [0.5, 0.6) is 0 Å². The number of hydrogen-bond donors (Lipinski definition) is 1. The molecule has 0 unspecified atom stereocenters. The summed E-state index contributed by atoms with van der Waals surface area (Å²) in [6.07, 6.45) is -4.35. The van der Waals surface area contributed by atoms with Crippen LogP contribution in [0.2, 0.25) is 0 Å². The Morgan fingerprint density at radius 3 is 2.56 bits per heavy atom. The molecule has 0 aliphatic carbocycles. The molecule has 0 spiro atoms. The maximum Gasteiger partial charge on any atom is 0.417 e. The zero-order valence-corrected chi connectivity index (χ0v) is 11.4. The number of anilines is 1. The first-order valence-electron chi connectivity index (χ1n) is 5.49. The summed E-state index contributed by atoms with van der Waals surface area (Å²) in [5.41, 5.74) is -0.174. The molecule has 1 fully saturated rings. The van der Waals surface area contributed by atoms with Gasteiger partial charge in [0.25, 0.3) is 0 Å². The van der Waals surface area contributed by atoms with Crippen LogP contribution in [0.1, 0.15) is 12.5 Å². The van der Waals surface area contributed by atoms with Gasteiger partial charge in [-0.3, -0.25) is 0 Å². The Kier molecular flexibility index (Phi) is 3.60. The first-order valence-corrected chi connectivity index (χ1v) is 6.28. The van der Waals surface area contributed by atoms with Crippen LogP contribution in [-0.4, -0.2) is 19.8 Å². The molecule has 0 amide bonds. The summed E-state index contributed by atoms with van der Waals surface area (Å²) in [4.78, 5) is 0. The number of benzene rings is 1. The van der Waals surface area contributed by atoms with Crippen LogP contribution >= 0.6 is 15.9 Å². The van der Waals surface area contributed by atoms with E-state index in [0.29, 0.717) is 25.4 Å². The van der Waals surface area contributed by atoms with Crippen LogP contribution in [0.4, 0.5) is 18.9 Å². The van der Waals surface area contributed by atoms with E-state index in [0.717, 1.165) is 6.07 Å². The van der Waals surface area contributed by atoms with E-state index in [1.807, 2.05) is 6.92 Å². The van der Waals surface area contributed by atoms with Crippen molar-refractivity contribution in [2.24, 2.45) is 5.41 Å². The van der Waals surface area contributed by atoms with Crippen LogP contribution < -0.4 is 5.32 Å². The van der Waals surface area contributed by atoms with Crippen molar-refractivity contribution in [1.29, 1.82) is 0 Å². The van der Waals surface area contributed by atoms with Gasteiger partial charge in [0.1, 0.15) is 0 Å². The lowest BCUT2D eigenvalue weighted by atomic mass is 9.88. The maximum atomic E-state index is 12.7. The fourth-order valence-corrected chi connectivity index (χ4v) is 2.19. The highest BCUT2D eigenvalue weighted by molar-refractivity contribution is 9.10. The van der Waals surface area contributed by atoms with Crippen LogP contribution in [-0.2, 0) is 10.9 Å². The predicted octanol–water partition coefficient (Wildman–Crippen LogP) is 3.92. The van der Waals surface area contributed by atoms with Gasteiger partial charge in [0, 0.05) is 22.1 Å². The molecule has 0 saturated carbocycles. The molecule has 1 aromatic carbocycles. The highest BCUT2D eigenvalue weighted by atomic mass is 79.9. The first-order chi connectivity index (χ1) is 8.30. The van der Waals surface area contributed by atoms with E-state index in [4.69, 9.17) is 4.74 Å². The molecule has 2 nitrogen and oxygen atoms in total. The van der Waals surface area contributed by atoms with Gasteiger partial charge < -0.3 is 10.1 Å². The summed E-state index contributed by atoms with van der Waals surface area (Å²) in [6.45, 7) is 3.92. The second kappa shape index (κ2) is 4.74. The van der Waals surface area contributed by atoms with Gasteiger partial charge in [-0.1, -0.05) is 22.9 Å². The Balaban J connectivity index is 2.10. The van der Waals surface area contributed by atoms with Gasteiger partial charge in [0.05, 0.1) is 18.8 Å². The molecule has 1 aliphatic heterocycles. The minimum atomic E-state index is -4.35. The molecule has 6 heteroatoms. The lowest BCUT2D eigenvalue weighted by Crippen LogP contribution is -2.45. The standard InChI is InChI=1S/C12H13BrF3NO/c1-11(6-18-7-11)5-17-8-2-3-10(13)9(4-8)12(14,15)16/h2-4,17H,5-7H2,1H3. The predicted molar refractivity (Wildman–Crippen MR) is 66.6 cm³/mol. The molecule has 1 saturated heterocycles. The first kappa shape index (κ1) is 13.7. The third-order valence-electron chi connectivity index (χ3n) is 2.89. The van der Waals surface area contributed by atoms with Gasteiger partial charge >= 0.3 is 6.18 Å². The second-order valence-corrected chi connectivity index (χ2v) is 5.70. The Labute approximate surface area is 112 Å². The van der Waals surface area contributed by atoms with Crippen molar-refractivity contribution < 1.29 is 17.9 Å². The third kappa shape index (κ3) is 2.98. The van der Waals surface area contributed by atoms with Crippen LogP contribution in [0.3, 0.4) is 0 Å². The minimum absolute atomic E-state index is 0.0193. The summed E-state index contributed by atoms with van der Waals surface area (Å²) in [5, 5.41) is 3.03. The number of hydrogen-bond acceptors (Lipinski definition) is 2. The van der Waals surface area contributed by atoms with Gasteiger partial charge in [0.15, 0.2) is 0 Å². The van der Waals surface area contributed by atoms with Gasteiger partial charge in [0.2, 0.25) is 0 Å². The maximum absolute atomic E-state index is 12.7. The van der Waals surface area contributed by atoms with E-state index in [-0.39, 0.29) is 9.89 Å². The zero-order chi connectivity index (χ0) is 13.4. The van der Waals surface area contributed by atoms with Crippen LogP contribution in [0, 0.1) is 5.41 Å². The van der Waals surface area contributed by atoms with E-state index in [2.05, 4.69) is 21.2 Å². The smallest absolute Gasteiger partial charge is 0.384 e. The van der Waals surface area contributed by atoms with Crippen molar-refractivity contribution in [2.45, 2.75) is 13.1 Å². The molecular weight excluding hydrogens is 311 g/mol. The average Bonchev–Trinajstić information content (AvgIpc) is 2.24. The number of nitrogens with one attached hydrogen (secondary N) is 1. The molecule has 100 valence electrons. The molecule has 1 heterocycles. The van der Waals surface area contributed by atoms with Crippen LogP contribution in [0.25, 0.3) is 0 Å². The Hall–Kier alpha value is -0.750. The zero-order valence-electron chi connectivity index (χ0n) is 9.77. The van der Waals surface area contributed by atoms with Crippen molar-refractivity contribution in [3.8, 4) is 0 Å². The summed E-state index contributed by atoms with van der Waals surface area (Å²) >= 11 is 2.91. The summed E-state index contributed by atoms with van der Waals surface area (Å²) in [5.74, 6) is 0. The summed E-state index contributed by atoms with van der Waals surface area (Å²) in [6, 6.07) is 4.15. The monoisotopic (exact) mass is 323 g/mol. The summed E-state index contributed by atoms with van der Waals surface area (Å²) in [7, 11) is 0. The molecule has 0 aromatic heterocycles. The Morgan fingerprint density at radius 2 is 2.06 bits per heavy atom. The number of ether oxygens (including phenoxy) is 1. The van der Waals surface area contributed by atoms with E-state index in [1.165, 1.54) is 6.07 Å². The topological polar surface area (TPSA) is 21.3 Å². The van der Waals surface area contributed by atoms with Crippen molar-refractivity contribution in [3.05, 3.63) is 28.2 Å². The van der Waals surface area contributed by atoms with E-state index in [9.17, 15) is 13.2 Å². The molecular formula is C12H13BrF3NO. The van der Waals surface area contributed by atoms with Gasteiger partial charge in [-0.2, -0.15) is 13.2 Å². The number of alkyl halides is 3. The second-order valence-electron chi connectivity index (χ2n) is 4.85. The highest BCUT2D eigenvalue weighted by Gasteiger charge is 2.34. The van der Waals surface area contributed by atoms with Gasteiger partial charge in [-0.25, -0.2) is 0 Å². The minimum Gasteiger partial charge on any atom is -0.384 e. The molecule has 1 aliphatic rings. The normalized spacial score (nSPS) is 18.3. The molecule has 2 rings (SSSR count). The molecule has 1 aromatic rings. The molecule has 0 atom stereocenters. The lowest BCUT2D eigenvalue weighted by molar-refractivity contribution is -0.138. The number of rotatable bonds is 3. The molecule has 0 bridgehead atoms. The fraction of sp³-hybridized carbons (Fsp3) is 0.500. The quantitative estimate of drug-likeness (QED) is 0.910. The van der Waals surface area contributed by atoms with Crippen molar-refractivity contribution in [3.63, 3.8) is 0 Å². The largest absolute Gasteiger partial charge is 0.417 e. The summed E-state index contributed by atoms with van der Waals surface area (Å²) < 4.78 is 43.3. The Bertz CT molecular complexity index is 443. The third-order valence-corrected chi connectivity index (χ3v) is 3.58. The van der Waals surface area contributed by atoms with Gasteiger partial charge in [-0.05, 0) is 18.2 Å². The van der Waals surface area contributed by atoms with E-state index < -0.39 is 11.7 Å². The van der Waals surface area contributed by atoms with Crippen molar-refractivity contribution >= 4 is 21.6 Å². The number of halogens is 4. The van der Waals surface area contributed by atoms with E-state index >= 15 is 0 Å². The SMILES string of the molecule is CC1(CNc2ccc(Br)c(C(F)(F)F)c2)COC1. The Morgan fingerprint density at radius 1 is 1.39 bits per heavy atom.